The number of amides is 1. The highest BCUT2D eigenvalue weighted by Crippen LogP contribution is 2.24. The van der Waals surface area contributed by atoms with Crippen LogP contribution in [0.2, 0.25) is 0 Å². The van der Waals surface area contributed by atoms with Gasteiger partial charge in [-0.25, -0.2) is 0 Å². The van der Waals surface area contributed by atoms with E-state index in [9.17, 15) is 9.90 Å². The number of aliphatic hydroxyl groups excluding tert-OH is 1. The highest BCUT2D eigenvalue weighted by atomic mass is 16.5. The predicted octanol–water partition coefficient (Wildman–Crippen LogP) is 1.65. The molecular weight excluding hydrogens is 304 g/mol. The summed E-state index contributed by atoms with van der Waals surface area (Å²) in [5.74, 6) is 1.49. The van der Waals surface area contributed by atoms with E-state index in [-0.39, 0.29) is 18.4 Å². The van der Waals surface area contributed by atoms with Crippen molar-refractivity contribution in [2.24, 2.45) is 11.8 Å². The quantitative estimate of drug-likeness (QED) is 0.824. The zero-order valence-corrected chi connectivity index (χ0v) is 15.1. The van der Waals surface area contributed by atoms with Crippen molar-refractivity contribution in [3.8, 4) is 5.75 Å². The van der Waals surface area contributed by atoms with Gasteiger partial charge in [-0.2, -0.15) is 0 Å². The summed E-state index contributed by atoms with van der Waals surface area (Å²) in [6.07, 6.45) is 1.33. The summed E-state index contributed by atoms with van der Waals surface area (Å²) in [5, 5.41) is 9.57. The topological polar surface area (TPSA) is 53.0 Å². The third-order valence-electron chi connectivity index (χ3n) is 4.47. The SMILES string of the molecule is CCOc1ccccc1CC(=O)N1C[C@@H](CN(C)C)C[C@H](CO)C1. The fourth-order valence-corrected chi connectivity index (χ4v) is 3.52. The van der Waals surface area contributed by atoms with Crippen molar-refractivity contribution in [1.29, 1.82) is 0 Å². The average molecular weight is 334 g/mol. The van der Waals surface area contributed by atoms with E-state index >= 15 is 0 Å². The van der Waals surface area contributed by atoms with Gasteiger partial charge in [0.1, 0.15) is 5.75 Å². The number of benzene rings is 1. The number of para-hydroxylation sites is 1. The van der Waals surface area contributed by atoms with Crippen LogP contribution in [0.3, 0.4) is 0 Å². The number of carbonyl (C=O) groups excluding carboxylic acids is 1. The van der Waals surface area contributed by atoms with E-state index in [4.69, 9.17) is 4.74 Å². The minimum atomic E-state index is 0.115. The third-order valence-corrected chi connectivity index (χ3v) is 4.47. The van der Waals surface area contributed by atoms with Crippen LogP contribution < -0.4 is 4.74 Å². The van der Waals surface area contributed by atoms with Gasteiger partial charge in [0, 0.05) is 31.8 Å². The molecule has 1 aliphatic heterocycles. The molecule has 1 aromatic carbocycles. The van der Waals surface area contributed by atoms with Crippen molar-refractivity contribution in [3.05, 3.63) is 29.8 Å². The maximum Gasteiger partial charge on any atom is 0.227 e. The second kappa shape index (κ2) is 9.04. The summed E-state index contributed by atoms with van der Waals surface area (Å²) in [4.78, 5) is 16.9. The molecule has 0 aromatic heterocycles. The first kappa shape index (κ1) is 18.7. The normalized spacial score (nSPS) is 21.1. The molecule has 5 nitrogen and oxygen atoms in total. The minimum absolute atomic E-state index is 0.115. The van der Waals surface area contributed by atoms with Crippen LogP contribution in [-0.2, 0) is 11.2 Å². The molecule has 0 bridgehead atoms. The number of carbonyl (C=O) groups is 1. The van der Waals surface area contributed by atoms with E-state index in [0.717, 1.165) is 30.8 Å². The largest absolute Gasteiger partial charge is 0.494 e. The number of likely N-dealkylation sites (tertiary alicyclic amines) is 1. The average Bonchev–Trinajstić information content (AvgIpc) is 2.56. The van der Waals surface area contributed by atoms with E-state index in [1.165, 1.54) is 0 Å². The molecular formula is C19H30N2O3. The maximum atomic E-state index is 12.8. The molecule has 0 radical (unpaired) electrons. The Bertz CT molecular complexity index is 533. The first-order chi connectivity index (χ1) is 11.5. The van der Waals surface area contributed by atoms with Gasteiger partial charge in [-0.1, -0.05) is 18.2 Å². The molecule has 0 unspecified atom stereocenters. The van der Waals surface area contributed by atoms with E-state index in [2.05, 4.69) is 4.90 Å². The van der Waals surface area contributed by atoms with Gasteiger partial charge in [-0.05, 0) is 45.3 Å². The summed E-state index contributed by atoms with van der Waals surface area (Å²) in [5.41, 5.74) is 0.930. The van der Waals surface area contributed by atoms with Crippen LogP contribution in [0.4, 0.5) is 0 Å². The Morgan fingerprint density at radius 2 is 2.00 bits per heavy atom. The number of aliphatic hydroxyl groups is 1. The first-order valence-corrected chi connectivity index (χ1v) is 8.77. The van der Waals surface area contributed by atoms with Crippen molar-refractivity contribution in [1.82, 2.24) is 9.80 Å². The third kappa shape index (κ3) is 5.21. The van der Waals surface area contributed by atoms with Crippen LogP contribution >= 0.6 is 0 Å². The molecule has 1 heterocycles. The van der Waals surface area contributed by atoms with Gasteiger partial charge in [0.2, 0.25) is 5.91 Å². The Kier molecular flexibility index (Phi) is 7.06. The molecule has 2 rings (SSSR count). The highest BCUT2D eigenvalue weighted by molar-refractivity contribution is 5.79. The number of hydrogen-bond acceptors (Lipinski definition) is 4. The van der Waals surface area contributed by atoms with Crippen LogP contribution in [0.5, 0.6) is 5.75 Å². The van der Waals surface area contributed by atoms with Crippen molar-refractivity contribution in [3.63, 3.8) is 0 Å². The van der Waals surface area contributed by atoms with Gasteiger partial charge in [-0.3, -0.25) is 4.79 Å². The van der Waals surface area contributed by atoms with E-state index in [1.807, 2.05) is 50.2 Å². The van der Waals surface area contributed by atoms with Crippen molar-refractivity contribution in [2.45, 2.75) is 19.8 Å². The molecule has 24 heavy (non-hydrogen) atoms. The standard InChI is InChI=1S/C19H30N2O3/c1-4-24-18-8-6-5-7-17(18)10-19(23)21-12-15(11-20(2)3)9-16(13-21)14-22/h5-8,15-16,22H,4,9-14H2,1-3H3/t15-,16+/m1/s1. The zero-order valence-electron chi connectivity index (χ0n) is 15.1. The molecule has 5 heteroatoms. The van der Waals surface area contributed by atoms with E-state index in [0.29, 0.717) is 25.5 Å². The van der Waals surface area contributed by atoms with E-state index < -0.39 is 0 Å². The molecule has 0 saturated carbocycles. The summed E-state index contributed by atoms with van der Waals surface area (Å²) < 4.78 is 5.62. The zero-order chi connectivity index (χ0) is 17.5. The van der Waals surface area contributed by atoms with Gasteiger partial charge in [0.25, 0.3) is 0 Å². The monoisotopic (exact) mass is 334 g/mol. The van der Waals surface area contributed by atoms with Crippen molar-refractivity contribution in [2.75, 3.05) is 46.9 Å². The summed E-state index contributed by atoms with van der Waals surface area (Å²) in [6.45, 7) is 5.03. The van der Waals surface area contributed by atoms with Gasteiger partial charge >= 0.3 is 0 Å². The van der Waals surface area contributed by atoms with Crippen molar-refractivity contribution < 1.29 is 14.6 Å². The van der Waals surface area contributed by atoms with Crippen molar-refractivity contribution >= 4 is 5.91 Å². The highest BCUT2D eigenvalue weighted by Gasteiger charge is 2.30. The number of rotatable bonds is 7. The van der Waals surface area contributed by atoms with Crippen LogP contribution in [0.25, 0.3) is 0 Å². The lowest BCUT2D eigenvalue weighted by molar-refractivity contribution is -0.134. The molecule has 0 spiro atoms. The molecule has 1 saturated heterocycles. The van der Waals surface area contributed by atoms with E-state index in [1.54, 1.807) is 0 Å². The van der Waals surface area contributed by atoms with Crippen LogP contribution in [0, 0.1) is 11.8 Å². The van der Waals surface area contributed by atoms with Gasteiger partial charge < -0.3 is 19.6 Å². The lowest BCUT2D eigenvalue weighted by Gasteiger charge is -2.38. The molecule has 1 fully saturated rings. The summed E-state index contributed by atoms with van der Waals surface area (Å²) in [6, 6.07) is 7.73. The number of hydrogen-bond donors (Lipinski definition) is 1. The molecule has 0 aliphatic carbocycles. The second-order valence-electron chi connectivity index (χ2n) is 6.93. The number of ether oxygens (including phenoxy) is 1. The lowest BCUT2D eigenvalue weighted by atomic mass is 9.89. The van der Waals surface area contributed by atoms with Gasteiger partial charge in [-0.15, -0.1) is 0 Å². The Labute approximate surface area is 145 Å². The fourth-order valence-electron chi connectivity index (χ4n) is 3.52. The molecule has 1 amide bonds. The molecule has 1 aliphatic rings. The number of piperidine rings is 1. The second-order valence-corrected chi connectivity index (χ2v) is 6.93. The summed E-state index contributed by atoms with van der Waals surface area (Å²) in [7, 11) is 4.10. The summed E-state index contributed by atoms with van der Waals surface area (Å²) >= 11 is 0. The molecule has 2 atom stereocenters. The van der Waals surface area contributed by atoms with Gasteiger partial charge in [0.05, 0.1) is 13.0 Å². The minimum Gasteiger partial charge on any atom is -0.494 e. The molecule has 134 valence electrons. The maximum absolute atomic E-state index is 12.8. The smallest absolute Gasteiger partial charge is 0.227 e. The Morgan fingerprint density at radius 3 is 2.67 bits per heavy atom. The Morgan fingerprint density at radius 1 is 1.29 bits per heavy atom. The fraction of sp³-hybridized carbons (Fsp3) is 0.632. The molecule has 1 aromatic rings. The van der Waals surface area contributed by atoms with Crippen LogP contribution in [-0.4, -0.2) is 67.8 Å². The number of nitrogens with zero attached hydrogens (tertiary/aromatic N) is 2. The Balaban J connectivity index is 2.05. The first-order valence-electron chi connectivity index (χ1n) is 8.77. The lowest BCUT2D eigenvalue weighted by Crippen LogP contribution is -2.47. The van der Waals surface area contributed by atoms with Crippen LogP contribution in [0.15, 0.2) is 24.3 Å². The Hall–Kier alpha value is -1.59. The van der Waals surface area contributed by atoms with Gasteiger partial charge in [0.15, 0.2) is 0 Å². The van der Waals surface area contributed by atoms with Crippen LogP contribution in [0.1, 0.15) is 18.9 Å². The predicted molar refractivity (Wildman–Crippen MR) is 95.1 cm³/mol. The molecule has 1 N–H and O–H groups in total.